The number of aryl methyl sites for hydroxylation is 1. The number of nitrogens with zero attached hydrogens (tertiary/aromatic N) is 1. The van der Waals surface area contributed by atoms with Gasteiger partial charge in [0.1, 0.15) is 17.7 Å². The lowest BCUT2D eigenvalue weighted by Crippen LogP contribution is -2.54. The molecule has 2 rings (SSSR count). The van der Waals surface area contributed by atoms with Crippen LogP contribution < -0.4 is 10.6 Å². The van der Waals surface area contributed by atoms with Crippen LogP contribution in [0.5, 0.6) is 0 Å². The zero-order valence-electron chi connectivity index (χ0n) is 22.8. The number of nitrogens with one attached hydrogen (secondary N) is 2. The van der Waals surface area contributed by atoms with Gasteiger partial charge in [-0.25, -0.2) is 4.79 Å². The number of hydrogen-bond donors (Lipinski definition) is 3. The minimum atomic E-state index is -0.928. The zero-order chi connectivity index (χ0) is 26.9. The third kappa shape index (κ3) is 9.45. The van der Waals surface area contributed by atoms with Crippen LogP contribution in [-0.4, -0.2) is 58.8 Å². The summed E-state index contributed by atoms with van der Waals surface area (Å²) < 4.78 is 5.40. The molecule has 202 valence electrons. The van der Waals surface area contributed by atoms with Crippen LogP contribution in [0.15, 0.2) is 24.3 Å². The minimum Gasteiger partial charge on any atom is -0.444 e. The summed E-state index contributed by atoms with van der Waals surface area (Å²) in [5.41, 5.74) is 0.982. The van der Waals surface area contributed by atoms with Gasteiger partial charge in [-0.2, -0.15) is 0 Å². The summed E-state index contributed by atoms with van der Waals surface area (Å²) in [4.78, 5) is 41.6. The van der Waals surface area contributed by atoms with Gasteiger partial charge in [-0.05, 0) is 58.4 Å². The van der Waals surface area contributed by atoms with Crippen molar-refractivity contribution >= 4 is 17.9 Å². The van der Waals surface area contributed by atoms with Crippen LogP contribution in [0.1, 0.15) is 90.3 Å². The maximum Gasteiger partial charge on any atom is 0.408 e. The first-order valence-electron chi connectivity index (χ1n) is 13.2. The summed E-state index contributed by atoms with van der Waals surface area (Å²) in [7, 11) is 0. The van der Waals surface area contributed by atoms with Gasteiger partial charge in [0.2, 0.25) is 11.8 Å². The van der Waals surface area contributed by atoms with Crippen LogP contribution in [0.3, 0.4) is 0 Å². The highest BCUT2D eigenvalue weighted by atomic mass is 16.6. The second kappa shape index (κ2) is 13.6. The fourth-order valence-electron chi connectivity index (χ4n) is 4.57. The fraction of sp³-hybridized carbons (Fsp3) is 0.679. The fourth-order valence-corrected chi connectivity index (χ4v) is 4.57. The molecule has 8 heteroatoms. The summed E-state index contributed by atoms with van der Waals surface area (Å²) in [6.45, 7) is 10.8. The number of benzene rings is 1. The first-order chi connectivity index (χ1) is 16.9. The Morgan fingerprint density at radius 1 is 1.08 bits per heavy atom. The summed E-state index contributed by atoms with van der Waals surface area (Å²) >= 11 is 0. The van der Waals surface area contributed by atoms with Crippen molar-refractivity contribution in [3.8, 4) is 0 Å². The Hall–Kier alpha value is -2.61. The van der Waals surface area contributed by atoms with E-state index >= 15 is 0 Å². The van der Waals surface area contributed by atoms with Crippen LogP contribution >= 0.6 is 0 Å². The topological polar surface area (TPSA) is 108 Å². The molecule has 0 aromatic heterocycles. The number of hydrogen-bond acceptors (Lipinski definition) is 5. The smallest absolute Gasteiger partial charge is 0.408 e. The van der Waals surface area contributed by atoms with Crippen molar-refractivity contribution < 1.29 is 24.2 Å². The largest absolute Gasteiger partial charge is 0.444 e. The van der Waals surface area contributed by atoms with Crippen molar-refractivity contribution in [3.05, 3.63) is 35.4 Å². The lowest BCUT2D eigenvalue weighted by molar-refractivity contribution is -0.143. The molecule has 8 nitrogen and oxygen atoms in total. The number of aliphatic hydroxyl groups excluding tert-OH is 1. The molecule has 1 aromatic carbocycles. The van der Waals surface area contributed by atoms with Crippen LogP contribution in [0, 0.1) is 12.8 Å². The Morgan fingerprint density at radius 3 is 2.22 bits per heavy atom. The van der Waals surface area contributed by atoms with Gasteiger partial charge in [-0.1, -0.05) is 62.9 Å². The molecule has 2 atom stereocenters. The van der Waals surface area contributed by atoms with Gasteiger partial charge in [-0.3, -0.25) is 9.59 Å². The molecule has 36 heavy (non-hydrogen) atoms. The number of rotatable bonds is 10. The molecule has 1 aliphatic carbocycles. The number of carbonyl (C=O) groups is 3. The molecule has 1 aliphatic rings. The van der Waals surface area contributed by atoms with Crippen molar-refractivity contribution in [1.29, 1.82) is 0 Å². The molecule has 3 amide bonds. The molecule has 0 spiro atoms. The van der Waals surface area contributed by atoms with Gasteiger partial charge in [0, 0.05) is 12.6 Å². The molecule has 3 N–H and O–H groups in total. The van der Waals surface area contributed by atoms with Crippen molar-refractivity contribution in [2.75, 3.05) is 13.2 Å². The first kappa shape index (κ1) is 29.6. The lowest BCUT2D eigenvalue weighted by atomic mass is 9.94. The van der Waals surface area contributed by atoms with Crippen LogP contribution in [0.4, 0.5) is 4.79 Å². The Bertz CT molecular complexity index is 857. The third-order valence-corrected chi connectivity index (χ3v) is 6.22. The minimum absolute atomic E-state index is 0.0416. The third-order valence-electron chi connectivity index (χ3n) is 6.22. The Morgan fingerprint density at radius 2 is 1.69 bits per heavy atom. The first-order valence-corrected chi connectivity index (χ1v) is 13.2. The molecule has 1 aromatic rings. The van der Waals surface area contributed by atoms with Gasteiger partial charge in [0.05, 0.1) is 6.61 Å². The number of aliphatic hydroxyl groups is 1. The monoisotopic (exact) mass is 503 g/mol. The SMILES string of the molecule is Cc1ccc(C(C(=O)NC2CCCCC2)N(CCO)C(=O)C(CC(C)C)NC(=O)OC(C)(C)C)cc1. The Balaban J connectivity index is 2.40. The number of carbonyl (C=O) groups excluding carboxylic acids is 3. The van der Waals surface area contributed by atoms with Crippen molar-refractivity contribution in [2.45, 2.75) is 104 Å². The Kier molecular flexibility index (Phi) is 11.2. The number of alkyl carbamates (subject to hydrolysis) is 1. The van der Waals surface area contributed by atoms with Crippen molar-refractivity contribution in [1.82, 2.24) is 15.5 Å². The molecule has 1 fully saturated rings. The second-order valence-corrected chi connectivity index (χ2v) is 11.2. The van der Waals surface area contributed by atoms with E-state index in [0.717, 1.165) is 37.7 Å². The molecule has 0 saturated heterocycles. The number of ether oxygens (including phenoxy) is 1. The standard InChI is InChI=1S/C28H45N3O5/c1-19(2)18-23(30-27(35)36-28(4,5)6)26(34)31(16-17-32)24(21-14-12-20(3)13-15-21)25(33)29-22-10-8-7-9-11-22/h12-15,19,22-24,32H,7-11,16-18H2,1-6H3,(H,29,33)(H,30,35). The van der Waals surface area contributed by atoms with Gasteiger partial charge in [0.25, 0.3) is 0 Å². The van der Waals surface area contributed by atoms with Crippen LogP contribution in [-0.2, 0) is 14.3 Å². The maximum atomic E-state index is 13.9. The van der Waals surface area contributed by atoms with E-state index < -0.39 is 29.7 Å². The average Bonchev–Trinajstić information content (AvgIpc) is 2.78. The predicted octanol–water partition coefficient (Wildman–Crippen LogP) is 4.25. The van der Waals surface area contributed by atoms with Crippen molar-refractivity contribution in [2.24, 2.45) is 5.92 Å². The number of amides is 3. The molecule has 0 aliphatic heterocycles. The van der Waals surface area contributed by atoms with Crippen LogP contribution in [0.2, 0.25) is 0 Å². The van der Waals surface area contributed by atoms with Crippen LogP contribution in [0.25, 0.3) is 0 Å². The molecule has 1 saturated carbocycles. The normalized spacial score (nSPS) is 16.2. The van der Waals surface area contributed by atoms with E-state index in [1.807, 2.05) is 45.0 Å². The van der Waals surface area contributed by atoms with Crippen molar-refractivity contribution in [3.63, 3.8) is 0 Å². The maximum absolute atomic E-state index is 13.9. The quantitative estimate of drug-likeness (QED) is 0.443. The van der Waals surface area contributed by atoms with E-state index in [9.17, 15) is 19.5 Å². The average molecular weight is 504 g/mol. The molecule has 2 unspecified atom stereocenters. The summed E-state index contributed by atoms with van der Waals surface area (Å²) in [5, 5.41) is 15.8. The predicted molar refractivity (Wildman–Crippen MR) is 140 cm³/mol. The van der Waals surface area contributed by atoms with Gasteiger partial charge in [0.15, 0.2) is 0 Å². The highest BCUT2D eigenvalue weighted by Crippen LogP contribution is 2.26. The van der Waals surface area contributed by atoms with E-state index in [1.165, 1.54) is 4.90 Å². The molecule has 0 heterocycles. The zero-order valence-corrected chi connectivity index (χ0v) is 22.8. The summed E-state index contributed by atoms with van der Waals surface area (Å²) in [6, 6.07) is 5.74. The van der Waals surface area contributed by atoms with Gasteiger partial charge in [-0.15, -0.1) is 0 Å². The van der Waals surface area contributed by atoms with E-state index in [1.54, 1.807) is 20.8 Å². The summed E-state index contributed by atoms with van der Waals surface area (Å²) in [5.74, 6) is -0.597. The molecule has 0 radical (unpaired) electrons. The Labute approximate surface area is 216 Å². The lowest BCUT2D eigenvalue weighted by Gasteiger charge is -2.35. The van der Waals surface area contributed by atoms with E-state index in [4.69, 9.17) is 4.74 Å². The van der Waals surface area contributed by atoms with E-state index in [0.29, 0.717) is 12.0 Å². The summed E-state index contributed by atoms with van der Waals surface area (Å²) in [6.07, 6.45) is 4.79. The molecular weight excluding hydrogens is 458 g/mol. The second-order valence-electron chi connectivity index (χ2n) is 11.2. The van der Waals surface area contributed by atoms with E-state index in [-0.39, 0.29) is 31.0 Å². The highest BCUT2D eigenvalue weighted by molar-refractivity contribution is 5.92. The van der Waals surface area contributed by atoms with Gasteiger partial charge >= 0.3 is 6.09 Å². The molecule has 0 bridgehead atoms. The van der Waals surface area contributed by atoms with Gasteiger partial charge < -0.3 is 25.4 Å². The highest BCUT2D eigenvalue weighted by Gasteiger charge is 2.37. The van der Waals surface area contributed by atoms with E-state index in [2.05, 4.69) is 10.6 Å². The molecular formula is C28H45N3O5.